The van der Waals surface area contributed by atoms with Crippen molar-refractivity contribution in [1.82, 2.24) is 9.69 Å². The van der Waals surface area contributed by atoms with Gasteiger partial charge in [-0.3, -0.25) is 0 Å². The number of nitrogens with one attached hydrogen (secondary N) is 1. The first-order valence-corrected chi connectivity index (χ1v) is 9.94. The molecule has 0 saturated heterocycles. The zero-order valence-corrected chi connectivity index (χ0v) is 15.7. The van der Waals surface area contributed by atoms with Gasteiger partial charge in [-0.1, -0.05) is 55.8 Å². The molecule has 0 aliphatic heterocycles. The predicted molar refractivity (Wildman–Crippen MR) is 108 cm³/mol. The van der Waals surface area contributed by atoms with E-state index in [0.29, 0.717) is 6.54 Å². The maximum Gasteiger partial charge on any atom is 0.0790 e. The van der Waals surface area contributed by atoms with Gasteiger partial charge in [-0.2, -0.15) is 4.37 Å². The molecule has 0 aliphatic rings. The minimum Gasteiger partial charge on any atom is -0.330 e. The number of fused-ring (bicyclic) bond motifs is 1. The van der Waals surface area contributed by atoms with Crippen LogP contribution in [0.5, 0.6) is 0 Å². The third-order valence-corrected chi connectivity index (χ3v) is 5.43. The van der Waals surface area contributed by atoms with E-state index in [9.17, 15) is 0 Å². The van der Waals surface area contributed by atoms with Gasteiger partial charge in [0, 0.05) is 11.9 Å². The number of nitrogens with two attached hydrogens (primary N) is 1. The van der Waals surface area contributed by atoms with Crippen molar-refractivity contribution in [2.24, 2.45) is 5.73 Å². The van der Waals surface area contributed by atoms with Gasteiger partial charge in [0.05, 0.1) is 16.4 Å². The van der Waals surface area contributed by atoms with E-state index in [4.69, 9.17) is 10.1 Å². The van der Waals surface area contributed by atoms with E-state index < -0.39 is 0 Å². The highest BCUT2D eigenvalue weighted by molar-refractivity contribution is 7.13. The fraction of sp³-hybridized carbons (Fsp3) is 0.381. The smallest absolute Gasteiger partial charge is 0.0790 e. The number of rotatable bonds is 9. The largest absolute Gasteiger partial charge is 0.330 e. The molecule has 3 rings (SSSR count). The van der Waals surface area contributed by atoms with Crippen LogP contribution in [0.25, 0.3) is 10.1 Å². The first-order chi connectivity index (χ1) is 12.3. The van der Waals surface area contributed by atoms with Crippen LogP contribution in [0.1, 0.15) is 49.0 Å². The first-order valence-electron chi connectivity index (χ1n) is 9.17. The number of benzene rings is 2. The topological polar surface area (TPSA) is 50.9 Å². The maximum atomic E-state index is 5.85. The van der Waals surface area contributed by atoms with E-state index in [-0.39, 0.29) is 6.04 Å². The zero-order chi connectivity index (χ0) is 17.5. The summed E-state index contributed by atoms with van der Waals surface area (Å²) in [5, 5.41) is 4.90. The molecule has 4 heteroatoms. The highest BCUT2D eigenvalue weighted by Gasteiger charge is 2.16. The Kier molecular flexibility index (Phi) is 6.56. The van der Waals surface area contributed by atoms with Crippen LogP contribution in [0.15, 0.2) is 48.5 Å². The van der Waals surface area contributed by atoms with Crippen LogP contribution in [0, 0.1) is 0 Å². The van der Waals surface area contributed by atoms with Crippen LogP contribution >= 0.6 is 11.5 Å². The molecule has 3 nitrogen and oxygen atoms in total. The summed E-state index contributed by atoms with van der Waals surface area (Å²) < 4.78 is 5.94. The molecule has 1 unspecified atom stereocenters. The number of hydrogen-bond acceptors (Lipinski definition) is 4. The molecule has 0 fully saturated rings. The van der Waals surface area contributed by atoms with Crippen molar-refractivity contribution in [2.45, 2.75) is 45.2 Å². The lowest BCUT2D eigenvalue weighted by atomic mass is 10.0. The second kappa shape index (κ2) is 9.09. The van der Waals surface area contributed by atoms with Gasteiger partial charge >= 0.3 is 0 Å². The fourth-order valence-corrected chi connectivity index (χ4v) is 3.94. The fourth-order valence-electron chi connectivity index (χ4n) is 3.10. The molecule has 1 heterocycles. The third kappa shape index (κ3) is 4.66. The molecule has 1 aromatic heterocycles. The molecule has 1 atom stereocenters. The van der Waals surface area contributed by atoms with Crippen LogP contribution in [0.2, 0.25) is 0 Å². The molecule has 3 aromatic rings. The van der Waals surface area contributed by atoms with Crippen LogP contribution in [0.4, 0.5) is 0 Å². The van der Waals surface area contributed by atoms with E-state index in [0.717, 1.165) is 18.7 Å². The Labute approximate surface area is 154 Å². The number of aromatic nitrogens is 1. The van der Waals surface area contributed by atoms with Crippen LogP contribution < -0.4 is 11.1 Å². The second-order valence-electron chi connectivity index (χ2n) is 6.49. The van der Waals surface area contributed by atoms with Crippen LogP contribution in [-0.2, 0) is 13.0 Å². The Morgan fingerprint density at radius 1 is 1.08 bits per heavy atom. The highest BCUT2D eigenvalue weighted by Crippen LogP contribution is 2.28. The van der Waals surface area contributed by atoms with E-state index in [1.807, 2.05) is 0 Å². The minimum absolute atomic E-state index is 0.195. The third-order valence-electron chi connectivity index (χ3n) is 4.59. The lowest BCUT2D eigenvalue weighted by molar-refractivity contribution is 0.500. The molecule has 0 bridgehead atoms. The summed E-state index contributed by atoms with van der Waals surface area (Å²) >= 11 is 1.57. The Balaban J connectivity index is 1.68. The van der Waals surface area contributed by atoms with Gasteiger partial charge in [0.15, 0.2) is 0 Å². The summed E-state index contributed by atoms with van der Waals surface area (Å²) in [5.41, 5.74) is 9.71. The molecule has 132 valence electrons. The summed E-state index contributed by atoms with van der Waals surface area (Å²) in [7, 11) is 0. The van der Waals surface area contributed by atoms with Crippen molar-refractivity contribution < 1.29 is 0 Å². The lowest BCUT2D eigenvalue weighted by Gasteiger charge is -2.17. The Morgan fingerprint density at radius 2 is 1.84 bits per heavy atom. The van der Waals surface area contributed by atoms with Crippen LogP contribution in [0.3, 0.4) is 0 Å². The van der Waals surface area contributed by atoms with Crippen molar-refractivity contribution >= 4 is 21.6 Å². The van der Waals surface area contributed by atoms with Crippen molar-refractivity contribution in [3.05, 3.63) is 65.4 Å². The Hall–Kier alpha value is -1.75. The summed E-state index contributed by atoms with van der Waals surface area (Å²) in [6.45, 7) is 3.72. The molecule has 3 N–H and O–H groups in total. The minimum atomic E-state index is 0.195. The van der Waals surface area contributed by atoms with Gasteiger partial charge in [0.25, 0.3) is 0 Å². The van der Waals surface area contributed by atoms with Crippen molar-refractivity contribution in [1.29, 1.82) is 0 Å². The van der Waals surface area contributed by atoms with E-state index in [1.165, 1.54) is 40.5 Å². The number of nitrogens with zero attached hydrogens (tertiary/aromatic N) is 1. The van der Waals surface area contributed by atoms with Gasteiger partial charge in [0.2, 0.25) is 0 Å². The predicted octanol–water partition coefficient (Wildman–Crippen LogP) is 4.82. The molecule has 0 radical (unpaired) electrons. The van der Waals surface area contributed by atoms with Gasteiger partial charge in [0.1, 0.15) is 0 Å². The van der Waals surface area contributed by atoms with Gasteiger partial charge in [-0.05, 0) is 54.5 Å². The van der Waals surface area contributed by atoms with Gasteiger partial charge in [-0.25, -0.2) is 0 Å². The molecule has 0 saturated carbocycles. The maximum absolute atomic E-state index is 5.85. The summed E-state index contributed by atoms with van der Waals surface area (Å²) in [6.07, 6.45) is 4.56. The molecule has 0 aliphatic carbocycles. The van der Waals surface area contributed by atoms with E-state index in [1.54, 1.807) is 11.5 Å². The Morgan fingerprint density at radius 3 is 2.60 bits per heavy atom. The van der Waals surface area contributed by atoms with E-state index in [2.05, 4.69) is 60.8 Å². The molecular weight excluding hydrogens is 326 g/mol. The summed E-state index contributed by atoms with van der Waals surface area (Å²) in [6, 6.07) is 17.6. The monoisotopic (exact) mass is 353 g/mol. The highest BCUT2D eigenvalue weighted by atomic mass is 32.1. The average molecular weight is 354 g/mol. The zero-order valence-electron chi connectivity index (χ0n) is 14.9. The number of unbranched alkanes of at least 4 members (excludes halogenated alkanes) is 1. The van der Waals surface area contributed by atoms with Gasteiger partial charge < -0.3 is 11.1 Å². The van der Waals surface area contributed by atoms with E-state index >= 15 is 0 Å². The summed E-state index contributed by atoms with van der Waals surface area (Å²) in [5.74, 6) is 0. The normalized spacial score (nSPS) is 12.6. The number of aryl methyl sites for hydroxylation is 1. The quantitative estimate of drug-likeness (QED) is 0.580. The Bertz CT molecular complexity index is 779. The van der Waals surface area contributed by atoms with Crippen molar-refractivity contribution in [3.8, 4) is 0 Å². The molecule has 25 heavy (non-hydrogen) atoms. The standard InChI is InChI=1S/C21H27N3S/c1-2-3-6-16-9-11-17(12-10-16)15-23-19(13-14-22)21-18-7-4-5-8-20(18)25-24-21/h4-5,7-12,19,23H,2-3,6,13-15,22H2,1H3. The first kappa shape index (κ1) is 18.1. The van der Waals surface area contributed by atoms with Gasteiger partial charge in [-0.15, -0.1) is 0 Å². The SMILES string of the molecule is CCCCc1ccc(CNC(CCN)c2nsc3ccccc23)cc1. The second-order valence-corrected chi connectivity index (χ2v) is 7.30. The molecule has 0 amide bonds. The average Bonchev–Trinajstić information content (AvgIpc) is 3.08. The summed E-state index contributed by atoms with van der Waals surface area (Å²) in [4.78, 5) is 0. The van der Waals surface area contributed by atoms with Crippen molar-refractivity contribution in [2.75, 3.05) is 6.54 Å². The molecular formula is C21H27N3S. The molecule has 2 aromatic carbocycles. The van der Waals surface area contributed by atoms with Crippen molar-refractivity contribution in [3.63, 3.8) is 0 Å². The lowest BCUT2D eigenvalue weighted by Crippen LogP contribution is -2.24. The van der Waals surface area contributed by atoms with Crippen LogP contribution in [-0.4, -0.2) is 10.9 Å². The number of hydrogen-bond donors (Lipinski definition) is 2. The molecule has 0 spiro atoms.